The van der Waals surface area contributed by atoms with Gasteiger partial charge in [-0.15, -0.1) is 0 Å². The normalized spacial score (nSPS) is 17.8. The van der Waals surface area contributed by atoms with E-state index in [0.717, 1.165) is 12.3 Å². The van der Waals surface area contributed by atoms with E-state index in [-0.39, 0.29) is 0 Å². The number of hydrogen-bond acceptors (Lipinski definition) is 3. The monoisotopic (exact) mass is 276 g/mol. The van der Waals surface area contributed by atoms with Crippen molar-refractivity contribution in [2.24, 2.45) is 0 Å². The Hall–Kier alpha value is -1.22. The topological polar surface area (TPSA) is 24.5 Å². The van der Waals surface area contributed by atoms with Gasteiger partial charge in [-0.2, -0.15) is 0 Å². The van der Waals surface area contributed by atoms with E-state index in [1.807, 2.05) is 12.1 Å². The SMILES string of the molecule is CNC1(CCN(C)c2ccc(OC)cc2)CCCCC1. The van der Waals surface area contributed by atoms with Crippen LogP contribution in [-0.4, -0.2) is 33.3 Å². The highest BCUT2D eigenvalue weighted by Crippen LogP contribution is 2.31. The number of nitrogens with zero attached hydrogens (tertiary/aromatic N) is 1. The minimum atomic E-state index is 0.360. The lowest BCUT2D eigenvalue weighted by Crippen LogP contribution is -2.46. The molecule has 0 bridgehead atoms. The average Bonchev–Trinajstić information content (AvgIpc) is 2.53. The lowest BCUT2D eigenvalue weighted by atomic mass is 9.79. The van der Waals surface area contributed by atoms with Crippen LogP contribution in [0.25, 0.3) is 0 Å². The van der Waals surface area contributed by atoms with Crippen LogP contribution in [0.5, 0.6) is 5.75 Å². The Bertz CT molecular complexity index is 396. The second-order valence-corrected chi connectivity index (χ2v) is 5.96. The van der Waals surface area contributed by atoms with Crippen molar-refractivity contribution in [3.8, 4) is 5.75 Å². The van der Waals surface area contributed by atoms with Crippen molar-refractivity contribution in [1.82, 2.24) is 5.32 Å². The van der Waals surface area contributed by atoms with E-state index in [1.54, 1.807) is 7.11 Å². The summed E-state index contributed by atoms with van der Waals surface area (Å²) >= 11 is 0. The molecule has 1 aromatic rings. The summed E-state index contributed by atoms with van der Waals surface area (Å²) in [6.45, 7) is 1.09. The third-order valence-electron chi connectivity index (χ3n) is 4.78. The first kappa shape index (κ1) is 15.2. The molecule has 0 radical (unpaired) electrons. The van der Waals surface area contributed by atoms with Crippen molar-refractivity contribution in [3.63, 3.8) is 0 Å². The van der Waals surface area contributed by atoms with E-state index in [0.29, 0.717) is 5.54 Å². The zero-order valence-corrected chi connectivity index (χ0v) is 13.1. The van der Waals surface area contributed by atoms with Crippen molar-refractivity contribution >= 4 is 5.69 Å². The fraction of sp³-hybridized carbons (Fsp3) is 0.647. The van der Waals surface area contributed by atoms with Crippen molar-refractivity contribution in [1.29, 1.82) is 0 Å². The highest BCUT2D eigenvalue weighted by molar-refractivity contribution is 5.48. The second-order valence-electron chi connectivity index (χ2n) is 5.96. The number of nitrogens with one attached hydrogen (secondary N) is 1. The maximum atomic E-state index is 5.21. The zero-order valence-electron chi connectivity index (χ0n) is 13.1. The molecule has 1 fully saturated rings. The summed E-state index contributed by atoms with van der Waals surface area (Å²) in [5.74, 6) is 0.918. The highest BCUT2D eigenvalue weighted by atomic mass is 16.5. The Morgan fingerprint density at radius 2 is 1.80 bits per heavy atom. The molecule has 0 aromatic heterocycles. The van der Waals surface area contributed by atoms with E-state index in [9.17, 15) is 0 Å². The minimum Gasteiger partial charge on any atom is -0.497 e. The first-order chi connectivity index (χ1) is 9.69. The van der Waals surface area contributed by atoms with Crippen LogP contribution in [-0.2, 0) is 0 Å². The van der Waals surface area contributed by atoms with Gasteiger partial charge in [-0.1, -0.05) is 19.3 Å². The van der Waals surface area contributed by atoms with Crippen molar-refractivity contribution in [3.05, 3.63) is 24.3 Å². The number of benzene rings is 1. The average molecular weight is 276 g/mol. The van der Waals surface area contributed by atoms with Gasteiger partial charge in [0.05, 0.1) is 7.11 Å². The van der Waals surface area contributed by atoms with E-state index in [4.69, 9.17) is 4.74 Å². The third-order valence-corrected chi connectivity index (χ3v) is 4.78. The van der Waals surface area contributed by atoms with Gasteiger partial charge in [-0.05, 0) is 50.6 Å². The fourth-order valence-electron chi connectivity index (χ4n) is 3.20. The molecule has 0 atom stereocenters. The Balaban J connectivity index is 1.91. The summed E-state index contributed by atoms with van der Waals surface area (Å²) in [7, 11) is 6.01. The molecular formula is C17H28N2O. The smallest absolute Gasteiger partial charge is 0.119 e. The molecule has 112 valence electrons. The largest absolute Gasteiger partial charge is 0.497 e. The van der Waals surface area contributed by atoms with Crippen LogP contribution in [0.1, 0.15) is 38.5 Å². The molecule has 3 nitrogen and oxygen atoms in total. The molecule has 0 aliphatic heterocycles. The Labute approximate surface area is 123 Å². The molecule has 1 aliphatic carbocycles. The predicted octanol–water partition coefficient (Wildman–Crippen LogP) is 3.44. The summed E-state index contributed by atoms with van der Waals surface area (Å²) in [6, 6.07) is 8.32. The number of methoxy groups -OCH3 is 1. The molecule has 1 saturated carbocycles. The third kappa shape index (κ3) is 3.66. The van der Waals surface area contributed by atoms with E-state index < -0.39 is 0 Å². The molecule has 0 spiro atoms. The minimum absolute atomic E-state index is 0.360. The van der Waals surface area contributed by atoms with Crippen molar-refractivity contribution < 1.29 is 4.74 Å². The lowest BCUT2D eigenvalue weighted by molar-refractivity contribution is 0.233. The molecular weight excluding hydrogens is 248 g/mol. The van der Waals surface area contributed by atoms with Crippen molar-refractivity contribution in [2.75, 3.05) is 32.6 Å². The molecule has 0 saturated heterocycles. The molecule has 3 heteroatoms. The Morgan fingerprint density at radius 3 is 2.35 bits per heavy atom. The van der Waals surface area contributed by atoms with E-state index in [1.165, 1.54) is 44.2 Å². The van der Waals surface area contributed by atoms with Crippen LogP contribution in [0.4, 0.5) is 5.69 Å². The predicted molar refractivity (Wildman–Crippen MR) is 85.8 cm³/mol. The quantitative estimate of drug-likeness (QED) is 0.861. The number of ether oxygens (including phenoxy) is 1. The summed E-state index contributed by atoms with van der Waals surface area (Å²) in [6.07, 6.45) is 7.99. The van der Waals surface area contributed by atoms with E-state index in [2.05, 4.69) is 36.4 Å². The van der Waals surface area contributed by atoms with E-state index >= 15 is 0 Å². The highest BCUT2D eigenvalue weighted by Gasteiger charge is 2.29. The molecule has 2 rings (SSSR count). The van der Waals surface area contributed by atoms with Gasteiger partial charge >= 0.3 is 0 Å². The van der Waals surface area contributed by atoms with Crippen molar-refractivity contribution in [2.45, 2.75) is 44.1 Å². The van der Waals surface area contributed by atoms with Gasteiger partial charge < -0.3 is 15.0 Å². The first-order valence-corrected chi connectivity index (χ1v) is 7.73. The fourth-order valence-corrected chi connectivity index (χ4v) is 3.20. The first-order valence-electron chi connectivity index (χ1n) is 7.73. The maximum Gasteiger partial charge on any atom is 0.119 e. The second kappa shape index (κ2) is 6.98. The molecule has 0 heterocycles. The summed E-state index contributed by atoms with van der Waals surface area (Å²) < 4.78 is 5.21. The van der Waals surface area contributed by atoms with Crippen LogP contribution in [0.3, 0.4) is 0 Å². The molecule has 1 N–H and O–H groups in total. The lowest BCUT2D eigenvalue weighted by Gasteiger charge is -2.38. The van der Waals surface area contributed by atoms with Gasteiger partial charge in [-0.25, -0.2) is 0 Å². The molecule has 1 aromatic carbocycles. The maximum absolute atomic E-state index is 5.21. The Kier molecular flexibility index (Phi) is 5.30. The summed E-state index contributed by atoms with van der Waals surface area (Å²) in [5.41, 5.74) is 1.62. The standard InChI is InChI=1S/C17H28N2O/c1-18-17(11-5-4-6-12-17)13-14-19(2)15-7-9-16(20-3)10-8-15/h7-10,18H,4-6,11-14H2,1-3H3. The van der Waals surface area contributed by atoms with Gasteiger partial charge in [0, 0.05) is 24.8 Å². The summed E-state index contributed by atoms with van der Waals surface area (Å²) in [5, 5.41) is 3.60. The van der Waals surface area contributed by atoms with Gasteiger partial charge in [-0.3, -0.25) is 0 Å². The van der Waals surface area contributed by atoms with Gasteiger partial charge in [0.15, 0.2) is 0 Å². The molecule has 1 aliphatic rings. The number of hydrogen-bond donors (Lipinski definition) is 1. The van der Waals surface area contributed by atoms with Crippen LogP contribution >= 0.6 is 0 Å². The molecule has 0 amide bonds. The summed E-state index contributed by atoms with van der Waals surface area (Å²) in [4.78, 5) is 2.34. The van der Waals surface area contributed by atoms with Crippen LogP contribution in [0.15, 0.2) is 24.3 Å². The number of rotatable bonds is 6. The molecule has 0 unspecified atom stereocenters. The van der Waals surface area contributed by atoms with Gasteiger partial charge in [0.25, 0.3) is 0 Å². The van der Waals surface area contributed by atoms with Crippen LogP contribution in [0.2, 0.25) is 0 Å². The van der Waals surface area contributed by atoms with Gasteiger partial charge in [0.2, 0.25) is 0 Å². The van der Waals surface area contributed by atoms with Crippen LogP contribution in [0, 0.1) is 0 Å². The van der Waals surface area contributed by atoms with Gasteiger partial charge in [0.1, 0.15) is 5.75 Å². The van der Waals surface area contributed by atoms with Crippen LogP contribution < -0.4 is 15.0 Å². The zero-order chi connectivity index (χ0) is 14.4. The molecule has 20 heavy (non-hydrogen) atoms. The Morgan fingerprint density at radius 1 is 1.15 bits per heavy atom. The number of anilines is 1.